The minimum absolute atomic E-state index is 0.0707. The summed E-state index contributed by atoms with van der Waals surface area (Å²) in [6.07, 6.45) is 1.41. The van der Waals surface area contributed by atoms with E-state index in [1.807, 2.05) is 0 Å². The Kier molecular flexibility index (Phi) is 3.27. The van der Waals surface area contributed by atoms with E-state index in [9.17, 15) is 8.42 Å². The SMILES string of the molecule is CCS(=O)(=O)CCn1cnnc1Cl. The van der Waals surface area contributed by atoms with Crippen LogP contribution in [0.3, 0.4) is 0 Å². The minimum atomic E-state index is -2.95. The van der Waals surface area contributed by atoms with Crippen LogP contribution in [0, 0.1) is 0 Å². The third-order valence-electron chi connectivity index (χ3n) is 1.65. The third-order valence-corrected chi connectivity index (χ3v) is 3.63. The van der Waals surface area contributed by atoms with Gasteiger partial charge in [0, 0.05) is 12.3 Å². The molecule has 0 amide bonds. The van der Waals surface area contributed by atoms with E-state index in [2.05, 4.69) is 10.2 Å². The van der Waals surface area contributed by atoms with Crippen LogP contribution in [0.2, 0.25) is 5.28 Å². The molecule has 74 valence electrons. The van der Waals surface area contributed by atoms with Crippen LogP contribution in [-0.4, -0.2) is 34.7 Å². The number of rotatable bonds is 4. The zero-order valence-electron chi connectivity index (χ0n) is 7.14. The summed E-state index contributed by atoms with van der Waals surface area (Å²) >= 11 is 5.61. The lowest BCUT2D eigenvalue weighted by atomic mass is 10.7. The van der Waals surface area contributed by atoms with Crippen molar-refractivity contribution < 1.29 is 8.42 Å². The Morgan fingerprint density at radius 3 is 2.77 bits per heavy atom. The van der Waals surface area contributed by atoms with Gasteiger partial charge in [-0.05, 0) is 11.6 Å². The van der Waals surface area contributed by atoms with Crippen molar-refractivity contribution in [3.05, 3.63) is 11.6 Å². The maximum atomic E-state index is 11.1. The second-order valence-corrected chi connectivity index (χ2v) is 5.34. The third kappa shape index (κ3) is 2.96. The van der Waals surface area contributed by atoms with E-state index in [0.717, 1.165) is 0 Å². The molecule has 1 aromatic heterocycles. The van der Waals surface area contributed by atoms with Gasteiger partial charge in [0.15, 0.2) is 9.84 Å². The summed E-state index contributed by atoms with van der Waals surface area (Å²) in [5.41, 5.74) is 0. The Morgan fingerprint density at radius 1 is 1.62 bits per heavy atom. The molecule has 0 aliphatic heterocycles. The van der Waals surface area contributed by atoms with Gasteiger partial charge in [-0.1, -0.05) is 6.92 Å². The molecule has 0 saturated heterocycles. The summed E-state index contributed by atoms with van der Waals surface area (Å²) in [4.78, 5) is 0. The van der Waals surface area contributed by atoms with E-state index >= 15 is 0 Å². The van der Waals surface area contributed by atoms with Gasteiger partial charge in [0.1, 0.15) is 6.33 Å². The van der Waals surface area contributed by atoms with Gasteiger partial charge in [-0.3, -0.25) is 0 Å². The summed E-state index contributed by atoms with van der Waals surface area (Å²) in [6, 6.07) is 0. The lowest BCUT2D eigenvalue weighted by Crippen LogP contribution is -2.14. The number of hydrogen-bond acceptors (Lipinski definition) is 4. The molecule has 0 fully saturated rings. The lowest BCUT2D eigenvalue weighted by molar-refractivity contribution is 0.590. The molecule has 0 spiro atoms. The molecular weight excluding hydrogens is 214 g/mol. The largest absolute Gasteiger partial charge is 0.303 e. The van der Waals surface area contributed by atoms with Crippen LogP contribution in [0.25, 0.3) is 0 Å². The summed E-state index contributed by atoms with van der Waals surface area (Å²) in [7, 11) is -2.95. The van der Waals surface area contributed by atoms with Crippen LogP contribution in [0.15, 0.2) is 6.33 Å². The zero-order chi connectivity index (χ0) is 9.90. The van der Waals surface area contributed by atoms with E-state index in [-0.39, 0.29) is 16.8 Å². The van der Waals surface area contributed by atoms with E-state index in [0.29, 0.717) is 6.54 Å². The first-order valence-corrected chi connectivity index (χ1v) is 5.99. The van der Waals surface area contributed by atoms with Gasteiger partial charge in [-0.15, -0.1) is 10.2 Å². The lowest BCUT2D eigenvalue weighted by Gasteiger charge is -2.01. The van der Waals surface area contributed by atoms with E-state index in [1.54, 1.807) is 6.92 Å². The fourth-order valence-electron chi connectivity index (χ4n) is 0.773. The number of halogens is 1. The first kappa shape index (κ1) is 10.5. The predicted molar refractivity (Wildman–Crippen MR) is 49.4 cm³/mol. The molecule has 1 aromatic rings. The van der Waals surface area contributed by atoms with Crippen molar-refractivity contribution in [1.82, 2.24) is 14.8 Å². The molecule has 0 aliphatic rings. The van der Waals surface area contributed by atoms with Crippen molar-refractivity contribution in [2.24, 2.45) is 0 Å². The van der Waals surface area contributed by atoms with Crippen molar-refractivity contribution >= 4 is 21.4 Å². The van der Waals surface area contributed by atoms with Gasteiger partial charge in [-0.2, -0.15) is 0 Å². The van der Waals surface area contributed by atoms with Crippen LogP contribution < -0.4 is 0 Å². The topological polar surface area (TPSA) is 64.8 Å². The molecular formula is C6H10ClN3O2S. The number of hydrogen-bond donors (Lipinski definition) is 0. The second kappa shape index (κ2) is 4.06. The Balaban J connectivity index is 2.58. The highest BCUT2D eigenvalue weighted by atomic mass is 35.5. The maximum Gasteiger partial charge on any atom is 0.224 e. The fraction of sp³-hybridized carbons (Fsp3) is 0.667. The Morgan fingerprint density at radius 2 is 2.31 bits per heavy atom. The van der Waals surface area contributed by atoms with Crippen LogP contribution >= 0.6 is 11.6 Å². The van der Waals surface area contributed by atoms with Crippen molar-refractivity contribution in [2.75, 3.05) is 11.5 Å². The van der Waals surface area contributed by atoms with Crippen LogP contribution in [-0.2, 0) is 16.4 Å². The number of sulfone groups is 1. The Labute approximate surface area is 81.6 Å². The molecule has 5 nitrogen and oxygen atoms in total. The second-order valence-electron chi connectivity index (χ2n) is 2.53. The molecule has 13 heavy (non-hydrogen) atoms. The standard InChI is InChI=1S/C6H10ClN3O2S/c1-2-13(11,12)4-3-10-5-8-9-6(10)7/h5H,2-4H2,1H3. The highest BCUT2D eigenvalue weighted by Gasteiger charge is 2.08. The van der Waals surface area contributed by atoms with Gasteiger partial charge < -0.3 is 4.57 Å². The average molecular weight is 224 g/mol. The molecule has 0 aromatic carbocycles. The predicted octanol–water partition coefficient (Wildman–Crippen LogP) is 0.366. The van der Waals surface area contributed by atoms with Crippen LogP contribution in [0.1, 0.15) is 6.92 Å². The number of aromatic nitrogens is 3. The molecule has 7 heteroatoms. The average Bonchev–Trinajstić information content (AvgIpc) is 2.48. The van der Waals surface area contributed by atoms with Gasteiger partial charge in [0.2, 0.25) is 5.28 Å². The van der Waals surface area contributed by atoms with Crippen molar-refractivity contribution in [3.8, 4) is 0 Å². The smallest absolute Gasteiger partial charge is 0.224 e. The molecule has 0 atom stereocenters. The highest BCUT2D eigenvalue weighted by Crippen LogP contribution is 2.03. The van der Waals surface area contributed by atoms with Gasteiger partial charge in [-0.25, -0.2) is 8.42 Å². The molecule has 0 N–H and O–H groups in total. The molecule has 0 unspecified atom stereocenters. The highest BCUT2D eigenvalue weighted by molar-refractivity contribution is 7.91. The van der Waals surface area contributed by atoms with Crippen LogP contribution in [0.5, 0.6) is 0 Å². The van der Waals surface area contributed by atoms with Crippen molar-refractivity contribution in [3.63, 3.8) is 0 Å². The van der Waals surface area contributed by atoms with Crippen molar-refractivity contribution in [1.29, 1.82) is 0 Å². The van der Waals surface area contributed by atoms with Crippen molar-refractivity contribution in [2.45, 2.75) is 13.5 Å². The number of nitrogens with zero attached hydrogens (tertiary/aromatic N) is 3. The summed E-state index contributed by atoms with van der Waals surface area (Å²) in [5, 5.41) is 7.28. The Bertz CT molecular complexity index is 373. The van der Waals surface area contributed by atoms with Gasteiger partial charge >= 0.3 is 0 Å². The molecule has 0 saturated carbocycles. The quantitative estimate of drug-likeness (QED) is 0.740. The first-order valence-electron chi connectivity index (χ1n) is 3.79. The van der Waals surface area contributed by atoms with E-state index in [1.165, 1.54) is 10.9 Å². The van der Waals surface area contributed by atoms with Crippen LogP contribution in [0.4, 0.5) is 0 Å². The van der Waals surface area contributed by atoms with Gasteiger partial charge in [0.05, 0.1) is 5.75 Å². The normalized spacial score (nSPS) is 11.8. The van der Waals surface area contributed by atoms with E-state index < -0.39 is 9.84 Å². The molecule has 0 bridgehead atoms. The molecule has 0 aliphatic carbocycles. The molecule has 1 rings (SSSR count). The molecule has 0 radical (unpaired) electrons. The molecule has 1 heterocycles. The maximum absolute atomic E-state index is 11.1. The van der Waals surface area contributed by atoms with Gasteiger partial charge in [0.25, 0.3) is 0 Å². The van der Waals surface area contributed by atoms with E-state index in [4.69, 9.17) is 11.6 Å². The minimum Gasteiger partial charge on any atom is -0.303 e. The fourth-order valence-corrected chi connectivity index (χ4v) is 1.71. The zero-order valence-corrected chi connectivity index (χ0v) is 8.72. The summed E-state index contributed by atoms with van der Waals surface area (Å²) < 4.78 is 23.7. The summed E-state index contributed by atoms with van der Waals surface area (Å²) in [5.74, 6) is 0.216. The summed E-state index contributed by atoms with van der Waals surface area (Å²) in [6.45, 7) is 1.92. The Hall–Kier alpha value is -0.620. The first-order chi connectivity index (χ1) is 6.05. The monoisotopic (exact) mass is 223 g/mol. The number of aryl methyl sites for hydroxylation is 1.